The minimum Gasteiger partial charge on any atom is -0.490 e. The van der Waals surface area contributed by atoms with Gasteiger partial charge in [0.1, 0.15) is 6.04 Å². The van der Waals surface area contributed by atoms with E-state index in [0.717, 1.165) is 6.42 Å². The third kappa shape index (κ3) is 2.72. The number of nitrogens with one attached hydrogen (secondary N) is 1. The molecule has 1 aliphatic heterocycles. The highest BCUT2D eigenvalue weighted by atomic mass is 16.5. The van der Waals surface area contributed by atoms with Crippen LogP contribution in [0.4, 0.5) is 0 Å². The summed E-state index contributed by atoms with van der Waals surface area (Å²) < 4.78 is 11.0. The Bertz CT molecular complexity index is 493. The van der Waals surface area contributed by atoms with Crippen molar-refractivity contribution in [1.29, 1.82) is 5.26 Å². The van der Waals surface area contributed by atoms with Crippen molar-refractivity contribution < 1.29 is 14.3 Å². The van der Waals surface area contributed by atoms with E-state index in [1.807, 2.05) is 6.07 Å². The van der Waals surface area contributed by atoms with E-state index < -0.39 is 6.04 Å². The van der Waals surface area contributed by atoms with Crippen molar-refractivity contribution in [3.8, 4) is 17.6 Å². The number of hydrogen-bond acceptors (Lipinski definition) is 4. The van der Waals surface area contributed by atoms with Crippen LogP contribution in [0, 0.1) is 11.3 Å². The van der Waals surface area contributed by atoms with E-state index in [1.54, 1.807) is 25.1 Å². The number of nitriles is 1. The SMILES string of the molecule is CC(C#N)NC(=O)c1ccc2c(c1)OCCCO2. The zero-order valence-electron chi connectivity index (χ0n) is 10.1. The molecule has 94 valence electrons. The number of benzene rings is 1. The second-order valence-electron chi connectivity index (χ2n) is 4.04. The number of hydrogen-bond donors (Lipinski definition) is 1. The predicted octanol–water partition coefficient (Wildman–Crippen LogP) is 1.49. The highest BCUT2D eigenvalue weighted by Gasteiger charge is 2.15. The molecule has 0 saturated heterocycles. The number of nitrogens with zero attached hydrogens (tertiary/aromatic N) is 1. The summed E-state index contributed by atoms with van der Waals surface area (Å²) in [7, 11) is 0. The van der Waals surface area contributed by atoms with Crippen LogP contribution < -0.4 is 14.8 Å². The molecule has 5 heteroatoms. The molecule has 0 spiro atoms. The molecule has 0 radical (unpaired) electrons. The molecule has 0 aliphatic carbocycles. The maximum Gasteiger partial charge on any atom is 0.252 e. The predicted molar refractivity (Wildman–Crippen MR) is 64.6 cm³/mol. The van der Waals surface area contributed by atoms with Gasteiger partial charge in [-0.1, -0.05) is 0 Å². The lowest BCUT2D eigenvalue weighted by Gasteiger charge is -2.10. The number of carbonyl (C=O) groups is 1. The Balaban J connectivity index is 2.18. The van der Waals surface area contributed by atoms with Crippen molar-refractivity contribution in [1.82, 2.24) is 5.32 Å². The highest BCUT2D eigenvalue weighted by molar-refractivity contribution is 5.95. The van der Waals surface area contributed by atoms with Gasteiger partial charge in [-0.15, -0.1) is 0 Å². The van der Waals surface area contributed by atoms with Gasteiger partial charge in [0.15, 0.2) is 11.5 Å². The van der Waals surface area contributed by atoms with Gasteiger partial charge in [-0.2, -0.15) is 5.26 Å². The van der Waals surface area contributed by atoms with Gasteiger partial charge in [0.05, 0.1) is 19.3 Å². The summed E-state index contributed by atoms with van der Waals surface area (Å²) in [6.45, 7) is 2.82. The van der Waals surface area contributed by atoms with Crippen LogP contribution in [0.1, 0.15) is 23.7 Å². The van der Waals surface area contributed by atoms with Crippen LogP contribution in [-0.4, -0.2) is 25.2 Å². The first-order valence-corrected chi connectivity index (χ1v) is 5.81. The number of rotatable bonds is 2. The average molecular weight is 246 g/mol. The molecule has 1 aromatic carbocycles. The molecule has 1 atom stereocenters. The van der Waals surface area contributed by atoms with Crippen molar-refractivity contribution in [2.45, 2.75) is 19.4 Å². The fourth-order valence-corrected chi connectivity index (χ4v) is 1.62. The monoisotopic (exact) mass is 246 g/mol. The van der Waals surface area contributed by atoms with Crippen molar-refractivity contribution in [3.05, 3.63) is 23.8 Å². The van der Waals surface area contributed by atoms with Gasteiger partial charge in [0.25, 0.3) is 5.91 Å². The van der Waals surface area contributed by atoms with Crippen molar-refractivity contribution in [2.75, 3.05) is 13.2 Å². The van der Waals surface area contributed by atoms with Gasteiger partial charge < -0.3 is 14.8 Å². The molecule has 0 fully saturated rings. The van der Waals surface area contributed by atoms with E-state index in [9.17, 15) is 4.79 Å². The van der Waals surface area contributed by atoms with Crippen LogP contribution in [0.5, 0.6) is 11.5 Å². The molecule has 1 aliphatic rings. The van der Waals surface area contributed by atoms with Crippen LogP contribution in [0.15, 0.2) is 18.2 Å². The lowest BCUT2D eigenvalue weighted by atomic mass is 10.2. The van der Waals surface area contributed by atoms with Crippen LogP contribution in [0.3, 0.4) is 0 Å². The van der Waals surface area contributed by atoms with Crippen molar-refractivity contribution >= 4 is 5.91 Å². The molecule has 0 saturated carbocycles. The fraction of sp³-hybridized carbons (Fsp3) is 0.385. The van der Waals surface area contributed by atoms with Gasteiger partial charge in [-0.25, -0.2) is 0 Å². The van der Waals surface area contributed by atoms with Crippen LogP contribution in [0.2, 0.25) is 0 Å². The van der Waals surface area contributed by atoms with Crippen molar-refractivity contribution in [3.63, 3.8) is 0 Å². The van der Waals surface area contributed by atoms with E-state index in [4.69, 9.17) is 14.7 Å². The van der Waals surface area contributed by atoms with Gasteiger partial charge in [0.2, 0.25) is 0 Å². The molecular weight excluding hydrogens is 232 g/mol. The minimum atomic E-state index is -0.520. The summed E-state index contributed by atoms with van der Waals surface area (Å²) in [5, 5.41) is 11.2. The first-order valence-electron chi connectivity index (χ1n) is 5.81. The number of fused-ring (bicyclic) bond motifs is 1. The Kier molecular flexibility index (Phi) is 3.68. The Labute approximate surface area is 105 Å². The smallest absolute Gasteiger partial charge is 0.252 e. The first-order chi connectivity index (χ1) is 8.70. The molecule has 1 amide bonds. The second kappa shape index (κ2) is 5.41. The molecule has 2 rings (SSSR count). The quantitative estimate of drug-likeness (QED) is 0.858. The van der Waals surface area contributed by atoms with Gasteiger partial charge >= 0.3 is 0 Å². The summed E-state index contributed by atoms with van der Waals surface area (Å²) in [5.41, 5.74) is 0.460. The third-order valence-electron chi connectivity index (χ3n) is 2.55. The zero-order chi connectivity index (χ0) is 13.0. The normalized spacial score (nSPS) is 15.1. The maximum absolute atomic E-state index is 11.8. The Hall–Kier alpha value is -2.22. The summed E-state index contributed by atoms with van der Waals surface area (Å²) in [6, 6.07) is 6.44. The standard InChI is InChI=1S/C13H14N2O3/c1-9(8-14)15-13(16)10-3-4-11-12(7-10)18-6-2-5-17-11/h3-4,7,9H,2,5-6H2,1H3,(H,15,16). The molecule has 0 aromatic heterocycles. The lowest BCUT2D eigenvalue weighted by Crippen LogP contribution is -2.31. The maximum atomic E-state index is 11.8. The summed E-state index contributed by atoms with van der Waals surface area (Å²) in [4.78, 5) is 11.8. The summed E-state index contributed by atoms with van der Waals surface area (Å²) >= 11 is 0. The Morgan fingerprint density at radius 2 is 2.11 bits per heavy atom. The molecule has 5 nitrogen and oxygen atoms in total. The van der Waals surface area contributed by atoms with Gasteiger partial charge in [0, 0.05) is 12.0 Å². The highest BCUT2D eigenvalue weighted by Crippen LogP contribution is 2.30. The Morgan fingerprint density at radius 1 is 1.39 bits per heavy atom. The van der Waals surface area contributed by atoms with Gasteiger partial charge in [-0.3, -0.25) is 4.79 Å². The van der Waals surface area contributed by atoms with E-state index in [0.29, 0.717) is 30.3 Å². The number of ether oxygens (including phenoxy) is 2. The molecule has 1 aromatic rings. The summed E-state index contributed by atoms with van der Waals surface area (Å²) in [6.07, 6.45) is 0.821. The van der Waals surface area contributed by atoms with E-state index in [-0.39, 0.29) is 5.91 Å². The number of carbonyl (C=O) groups excluding carboxylic acids is 1. The van der Waals surface area contributed by atoms with Crippen LogP contribution in [0.25, 0.3) is 0 Å². The van der Waals surface area contributed by atoms with Crippen molar-refractivity contribution in [2.24, 2.45) is 0 Å². The fourth-order valence-electron chi connectivity index (χ4n) is 1.62. The lowest BCUT2D eigenvalue weighted by molar-refractivity contribution is 0.0947. The largest absolute Gasteiger partial charge is 0.490 e. The van der Waals surface area contributed by atoms with Crippen LogP contribution >= 0.6 is 0 Å². The molecule has 1 heterocycles. The molecule has 0 bridgehead atoms. The van der Waals surface area contributed by atoms with Crippen LogP contribution in [-0.2, 0) is 0 Å². The van der Waals surface area contributed by atoms with E-state index in [2.05, 4.69) is 5.32 Å². The zero-order valence-corrected chi connectivity index (χ0v) is 10.1. The molecule has 1 unspecified atom stereocenters. The van der Waals surface area contributed by atoms with E-state index in [1.165, 1.54) is 0 Å². The average Bonchev–Trinajstić information content (AvgIpc) is 2.62. The summed E-state index contributed by atoms with van der Waals surface area (Å²) in [5.74, 6) is 0.932. The first kappa shape index (κ1) is 12.2. The Morgan fingerprint density at radius 3 is 2.83 bits per heavy atom. The molecular formula is C13H14N2O3. The topological polar surface area (TPSA) is 71.4 Å². The second-order valence-corrected chi connectivity index (χ2v) is 4.04. The minimum absolute atomic E-state index is 0.292. The number of amides is 1. The van der Waals surface area contributed by atoms with E-state index >= 15 is 0 Å². The molecule has 18 heavy (non-hydrogen) atoms. The molecule has 1 N–H and O–H groups in total. The van der Waals surface area contributed by atoms with Gasteiger partial charge in [-0.05, 0) is 25.1 Å². The third-order valence-corrected chi connectivity index (χ3v) is 2.55.